The van der Waals surface area contributed by atoms with E-state index in [-0.39, 0.29) is 5.41 Å². The van der Waals surface area contributed by atoms with E-state index in [2.05, 4.69) is 170 Å². The van der Waals surface area contributed by atoms with E-state index < -0.39 is 0 Å². The fourth-order valence-electron chi connectivity index (χ4n) is 8.79. The van der Waals surface area contributed by atoms with Gasteiger partial charge in [-0.3, -0.25) is 4.57 Å². The smallest absolute Gasteiger partial charge is 0.238 e. The van der Waals surface area contributed by atoms with Gasteiger partial charge in [-0.05, 0) is 67.6 Å². The van der Waals surface area contributed by atoms with Crippen molar-refractivity contribution >= 4 is 43.4 Å². The first-order valence-corrected chi connectivity index (χ1v) is 18.5. The number of benzene rings is 8. The molecule has 0 radical (unpaired) electrons. The topological polar surface area (TPSA) is 43.6 Å². The summed E-state index contributed by atoms with van der Waals surface area (Å²) in [5.41, 5.74) is 11.5. The Morgan fingerprint density at radius 1 is 0.426 bits per heavy atom. The first-order valence-electron chi connectivity index (χ1n) is 18.5. The highest BCUT2D eigenvalue weighted by Gasteiger charge is 2.37. The number of rotatable bonds is 4. The van der Waals surface area contributed by atoms with Gasteiger partial charge in [-0.25, -0.2) is 4.98 Å². The molecular weight excluding hydrogens is 657 g/mol. The third kappa shape index (κ3) is 4.53. The Balaban J connectivity index is 1.27. The van der Waals surface area contributed by atoms with Crippen molar-refractivity contribution in [2.24, 2.45) is 0 Å². The van der Waals surface area contributed by atoms with E-state index in [1.165, 1.54) is 44.0 Å². The molecule has 8 aromatic carbocycles. The Morgan fingerprint density at radius 2 is 1.04 bits per heavy atom. The van der Waals surface area contributed by atoms with E-state index >= 15 is 0 Å². The fourth-order valence-corrected chi connectivity index (χ4v) is 8.79. The molecule has 0 saturated heterocycles. The molecule has 0 bridgehead atoms. The van der Waals surface area contributed by atoms with E-state index in [4.69, 9.17) is 15.0 Å². The predicted molar refractivity (Wildman–Crippen MR) is 223 cm³/mol. The second kappa shape index (κ2) is 11.5. The average molecular weight is 691 g/mol. The van der Waals surface area contributed by atoms with Gasteiger partial charge in [0.05, 0.1) is 11.0 Å². The van der Waals surface area contributed by atoms with Gasteiger partial charge >= 0.3 is 0 Å². The fraction of sp³-hybridized carbons (Fsp3) is 0.0600. The van der Waals surface area contributed by atoms with Gasteiger partial charge in [0.25, 0.3) is 0 Å². The minimum Gasteiger partial charge on any atom is -0.277 e. The maximum absolute atomic E-state index is 5.37. The van der Waals surface area contributed by atoms with Crippen LogP contribution in [0.2, 0.25) is 0 Å². The van der Waals surface area contributed by atoms with Crippen LogP contribution in [0, 0.1) is 0 Å². The molecule has 0 amide bonds. The van der Waals surface area contributed by atoms with Crippen molar-refractivity contribution < 1.29 is 0 Å². The molecule has 0 atom stereocenters. The molecule has 10 aromatic rings. The lowest BCUT2D eigenvalue weighted by Crippen LogP contribution is -2.14. The molecule has 54 heavy (non-hydrogen) atoms. The molecule has 0 N–H and O–H groups in total. The molecule has 4 nitrogen and oxygen atoms in total. The number of fused-ring (bicyclic) bond motifs is 8. The molecule has 0 spiro atoms. The van der Waals surface area contributed by atoms with Gasteiger partial charge in [-0.15, -0.1) is 0 Å². The second-order valence-corrected chi connectivity index (χ2v) is 14.9. The Bertz CT molecular complexity index is 3140. The van der Waals surface area contributed by atoms with Crippen LogP contribution in [0.1, 0.15) is 25.0 Å². The molecule has 4 heteroatoms. The van der Waals surface area contributed by atoms with Crippen molar-refractivity contribution in [1.82, 2.24) is 19.5 Å². The van der Waals surface area contributed by atoms with Crippen LogP contribution in [0.25, 0.3) is 94.3 Å². The van der Waals surface area contributed by atoms with Crippen molar-refractivity contribution in [3.8, 4) is 51.0 Å². The third-order valence-corrected chi connectivity index (χ3v) is 11.4. The maximum Gasteiger partial charge on any atom is 0.238 e. The Kier molecular flexibility index (Phi) is 6.56. The minimum absolute atomic E-state index is 0.117. The van der Waals surface area contributed by atoms with Crippen molar-refractivity contribution in [1.29, 1.82) is 0 Å². The molecule has 1 aliphatic carbocycles. The Labute approximate surface area is 313 Å². The summed E-state index contributed by atoms with van der Waals surface area (Å²) < 4.78 is 2.29. The summed E-state index contributed by atoms with van der Waals surface area (Å²) >= 11 is 0. The van der Waals surface area contributed by atoms with Crippen LogP contribution in [0.3, 0.4) is 0 Å². The molecular formula is C50H34N4. The van der Waals surface area contributed by atoms with Crippen LogP contribution >= 0.6 is 0 Å². The second-order valence-electron chi connectivity index (χ2n) is 14.9. The zero-order valence-electron chi connectivity index (χ0n) is 30.0. The summed E-state index contributed by atoms with van der Waals surface area (Å²) in [5, 5.41) is 7.00. The number of nitrogens with zero attached hydrogens (tertiary/aromatic N) is 4. The molecule has 0 fully saturated rings. The third-order valence-electron chi connectivity index (χ3n) is 11.4. The first-order chi connectivity index (χ1) is 26.5. The van der Waals surface area contributed by atoms with E-state index in [9.17, 15) is 0 Å². The Morgan fingerprint density at radius 3 is 1.85 bits per heavy atom. The number of hydrogen-bond donors (Lipinski definition) is 0. The van der Waals surface area contributed by atoms with Crippen LogP contribution in [-0.2, 0) is 5.41 Å². The van der Waals surface area contributed by atoms with Gasteiger partial charge in [-0.2, -0.15) is 9.97 Å². The van der Waals surface area contributed by atoms with E-state index in [1.807, 2.05) is 18.2 Å². The summed E-state index contributed by atoms with van der Waals surface area (Å²) in [6, 6.07) is 60.7. The highest BCUT2D eigenvalue weighted by molar-refractivity contribution is 6.17. The molecule has 254 valence electrons. The average Bonchev–Trinajstić information content (AvgIpc) is 3.68. The molecule has 2 heterocycles. The monoisotopic (exact) mass is 690 g/mol. The number of hydrogen-bond acceptors (Lipinski definition) is 3. The van der Waals surface area contributed by atoms with Crippen molar-refractivity contribution in [2.45, 2.75) is 19.3 Å². The summed E-state index contributed by atoms with van der Waals surface area (Å²) in [6.07, 6.45) is 0. The van der Waals surface area contributed by atoms with E-state index in [0.29, 0.717) is 17.6 Å². The van der Waals surface area contributed by atoms with Gasteiger partial charge in [0.15, 0.2) is 11.6 Å². The van der Waals surface area contributed by atoms with Crippen LogP contribution in [-0.4, -0.2) is 19.5 Å². The van der Waals surface area contributed by atoms with Crippen LogP contribution in [0.15, 0.2) is 170 Å². The highest BCUT2D eigenvalue weighted by atomic mass is 15.2. The summed E-state index contributed by atoms with van der Waals surface area (Å²) in [6.45, 7) is 4.68. The zero-order chi connectivity index (χ0) is 36.0. The van der Waals surface area contributed by atoms with Gasteiger partial charge in [0.1, 0.15) is 0 Å². The number of para-hydroxylation sites is 1. The lowest BCUT2D eigenvalue weighted by molar-refractivity contribution is 0.660. The molecule has 1 aliphatic rings. The SMILES string of the molecule is CC1(C)c2ccccc2-c2c(-c3cccc4c5cc6ccccc6cc5n(-c5nc(-c6ccccc6)nc(-c6ccc7ccccc7c6)n5)c34)cccc21. The normalized spacial score (nSPS) is 13.1. The van der Waals surface area contributed by atoms with Gasteiger partial charge in [-0.1, -0.05) is 166 Å². The van der Waals surface area contributed by atoms with Crippen molar-refractivity contribution in [3.05, 3.63) is 181 Å². The quantitative estimate of drug-likeness (QED) is 0.185. The van der Waals surface area contributed by atoms with Crippen LogP contribution in [0.5, 0.6) is 0 Å². The standard InChI is InChI=1S/C50H34N4/c1-50(2)42-24-11-10-20-40(42)45-37(21-13-25-43(45)50)38-22-12-23-39-41-29-34-18-8-9-19-35(34)30-44(41)54(46(38)39)49-52-47(32-15-4-3-5-16-32)51-48(53-49)36-27-26-31-14-6-7-17-33(31)28-36/h3-30H,1-2H3. The van der Waals surface area contributed by atoms with Crippen LogP contribution in [0.4, 0.5) is 0 Å². The lowest BCUT2D eigenvalue weighted by atomic mass is 9.82. The van der Waals surface area contributed by atoms with Crippen LogP contribution < -0.4 is 0 Å². The largest absolute Gasteiger partial charge is 0.277 e. The predicted octanol–water partition coefficient (Wildman–Crippen LogP) is 12.6. The molecule has 11 rings (SSSR count). The summed E-state index contributed by atoms with van der Waals surface area (Å²) in [7, 11) is 0. The zero-order valence-corrected chi connectivity index (χ0v) is 30.0. The van der Waals surface area contributed by atoms with E-state index in [0.717, 1.165) is 43.9 Å². The van der Waals surface area contributed by atoms with Crippen molar-refractivity contribution in [3.63, 3.8) is 0 Å². The summed E-state index contributed by atoms with van der Waals surface area (Å²) in [5.74, 6) is 1.85. The first kappa shape index (κ1) is 30.7. The number of aromatic nitrogens is 4. The van der Waals surface area contributed by atoms with Gasteiger partial charge < -0.3 is 0 Å². The molecule has 0 aliphatic heterocycles. The molecule has 0 saturated carbocycles. The highest BCUT2D eigenvalue weighted by Crippen LogP contribution is 2.53. The molecule has 0 unspecified atom stereocenters. The van der Waals surface area contributed by atoms with Gasteiger partial charge in [0.2, 0.25) is 5.95 Å². The van der Waals surface area contributed by atoms with E-state index in [1.54, 1.807) is 0 Å². The Hall–Kier alpha value is -6.91. The lowest BCUT2D eigenvalue weighted by Gasteiger charge is -2.21. The van der Waals surface area contributed by atoms with Gasteiger partial charge in [0, 0.05) is 32.9 Å². The maximum atomic E-state index is 5.37. The van der Waals surface area contributed by atoms with Crippen molar-refractivity contribution in [2.75, 3.05) is 0 Å². The summed E-state index contributed by atoms with van der Waals surface area (Å²) in [4.78, 5) is 15.8. The minimum atomic E-state index is -0.117. The molecule has 2 aromatic heterocycles.